The van der Waals surface area contributed by atoms with E-state index in [2.05, 4.69) is 228 Å². The molecule has 2 atom stereocenters. The number of benzene rings is 7. The number of fused-ring (bicyclic) bond motifs is 6. The fourth-order valence-electron chi connectivity index (χ4n) is 9.80. The van der Waals surface area contributed by atoms with Gasteiger partial charge in [-0.3, -0.25) is 0 Å². The number of anilines is 3. The van der Waals surface area contributed by atoms with Gasteiger partial charge in [-0.15, -0.1) is 0 Å². The minimum Gasteiger partial charge on any atom is -0.310 e. The second kappa shape index (κ2) is 13.4. The third-order valence-corrected chi connectivity index (χ3v) is 12.2. The zero-order valence-corrected chi connectivity index (χ0v) is 31.4. The van der Waals surface area contributed by atoms with Crippen LogP contribution in [0.3, 0.4) is 0 Å². The van der Waals surface area contributed by atoms with Gasteiger partial charge in [-0.2, -0.15) is 0 Å². The van der Waals surface area contributed by atoms with E-state index in [4.69, 9.17) is 0 Å². The fraction of sp³-hybridized carbons (Fsp3) is 0.0545. The maximum absolute atomic E-state index is 3.29. The zero-order valence-electron chi connectivity index (χ0n) is 31.4. The maximum atomic E-state index is 3.29. The molecule has 0 bridgehead atoms. The predicted octanol–water partition coefficient (Wildman–Crippen LogP) is 13.7. The molecule has 0 saturated heterocycles. The molecule has 2 unspecified atom stereocenters. The molecule has 2 aliphatic carbocycles. The number of allylic oxidation sites excluding steroid dienone is 4. The third-order valence-electron chi connectivity index (χ3n) is 12.2. The molecule has 1 heterocycles. The van der Waals surface area contributed by atoms with Gasteiger partial charge in [0.15, 0.2) is 0 Å². The lowest BCUT2D eigenvalue weighted by atomic mass is 9.63. The van der Waals surface area contributed by atoms with Crippen LogP contribution in [0.4, 0.5) is 17.1 Å². The van der Waals surface area contributed by atoms with E-state index >= 15 is 0 Å². The Morgan fingerprint density at radius 2 is 1.21 bits per heavy atom. The molecule has 0 N–H and O–H groups in total. The summed E-state index contributed by atoms with van der Waals surface area (Å²) in [5.41, 5.74) is 15.7. The van der Waals surface area contributed by atoms with Gasteiger partial charge in [0, 0.05) is 39.4 Å². The molecule has 11 rings (SSSR count). The van der Waals surface area contributed by atoms with Gasteiger partial charge in [0.1, 0.15) is 0 Å². The van der Waals surface area contributed by atoms with Gasteiger partial charge < -0.3 is 9.47 Å². The molecule has 57 heavy (non-hydrogen) atoms. The van der Waals surface area contributed by atoms with Crippen molar-refractivity contribution in [1.82, 2.24) is 4.57 Å². The normalized spacial score (nSPS) is 15.3. The second-order valence-electron chi connectivity index (χ2n) is 15.1. The summed E-state index contributed by atoms with van der Waals surface area (Å²) < 4.78 is 2.39. The highest BCUT2D eigenvalue weighted by Gasteiger charge is 2.51. The van der Waals surface area contributed by atoms with Gasteiger partial charge in [-0.05, 0) is 118 Å². The summed E-state index contributed by atoms with van der Waals surface area (Å²) in [6.07, 6.45) is 5.84. The molecular weight excluding hydrogens is 689 g/mol. The molecule has 0 spiro atoms. The van der Waals surface area contributed by atoms with Crippen LogP contribution in [0.1, 0.15) is 34.2 Å². The number of nitrogens with zero attached hydrogens (tertiary/aromatic N) is 2. The van der Waals surface area contributed by atoms with Gasteiger partial charge in [0.05, 0.1) is 16.4 Å². The van der Waals surface area contributed by atoms with Crippen LogP contribution in [-0.4, -0.2) is 4.57 Å². The summed E-state index contributed by atoms with van der Waals surface area (Å²) >= 11 is 0. The molecule has 0 radical (unpaired) electrons. The van der Waals surface area contributed by atoms with Crippen LogP contribution in [0.25, 0.3) is 38.6 Å². The van der Waals surface area contributed by atoms with E-state index in [0.717, 1.165) is 29.2 Å². The first kappa shape index (κ1) is 33.0. The van der Waals surface area contributed by atoms with Crippen LogP contribution in [0.2, 0.25) is 0 Å². The van der Waals surface area contributed by atoms with Crippen LogP contribution in [0.15, 0.2) is 212 Å². The van der Waals surface area contributed by atoms with Crippen molar-refractivity contribution in [2.75, 3.05) is 4.90 Å². The minimum absolute atomic E-state index is 0.256. The van der Waals surface area contributed by atoms with E-state index in [0.29, 0.717) is 0 Å². The van der Waals surface area contributed by atoms with Gasteiger partial charge in [0.2, 0.25) is 0 Å². The molecule has 0 saturated carbocycles. The summed E-state index contributed by atoms with van der Waals surface area (Å²) in [6, 6.07) is 79.0. The molecule has 2 aliphatic rings. The van der Waals surface area contributed by atoms with Crippen LogP contribution in [0.5, 0.6) is 0 Å². The van der Waals surface area contributed by atoms with E-state index in [-0.39, 0.29) is 11.3 Å². The summed E-state index contributed by atoms with van der Waals surface area (Å²) in [6.45, 7) is 0. The van der Waals surface area contributed by atoms with Crippen molar-refractivity contribution in [3.63, 3.8) is 0 Å². The van der Waals surface area contributed by atoms with Crippen molar-refractivity contribution >= 4 is 50.0 Å². The Morgan fingerprint density at radius 1 is 0.544 bits per heavy atom. The Balaban J connectivity index is 1.00. The highest BCUT2D eigenvalue weighted by Crippen LogP contribution is 2.60. The number of hydrogen-bond donors (Lipinski definition) is 0. The van der Waals surface area contributed by atoms with E-state index in [9.17, 15) is 0 Å². The molecule has 0 aliphatic heterocycles. The van der Waals surface area contributed by atoms with Gasteiger partial charge >= 0.3 is 0 Å². The van der Waals surface area contributed by atoms with Crippen molar-refractivity contribution in [3.05, 3.63) is 252 Å². The third kappa shape index (κ3) is 5.21. The van der Waals surface area contributed by atoms with Crippen LogP contribution in [-0.2, 0) is 5.41 Å². The Hall–Kier alpha value is -7.34. The Kier molecular flexibility index (Phi) is 7.79. The highest BCUT2D eigenvalue weighted by molar-refractivity contribution is 6.10. The standard InChI is InChI=1S/C55H38N2/c1-5-17-41(18-6-1)55(42-19-7-2-8-20-42)51-27-15-13-25-47(51)50-37-40(31-36-52(50)55)39-29-32-45(33-30-39)56(43-21-9-3-10-22-43)46-34-35-49-48-26-14-16-28-53(48)57(54(49)38-46)44-23-11-4-12-24-44/h1,3-7,9-35,37-38,52H,36H2. The quantitative estimate of drug-likeness (QED) is 0.159. The SMILES string of the molecule is c1ccc(C2(c3ccccc3)c3ccccc3C3=CC(c4ccc(N(c5ccccc5)c5ccc6c7ccccc7n(-c7ccccc7)c6c5)cc4)=CCC32)cc#1. The molecular formula is C55H38N2. The van der Waals surface area contributed by atoms with Crippen molar-refractivity contribution in [2.24, 2.45) is 5.92 Å². The van der Waals surface area contributed by atoms with Gasteiger partial charge in [-0.25, -0.2) is 0 Å². The fourth-order valence-corrected chi connectivity index (χ4v) is 9.80. The van der Waals surface area contributed by atoms with E-state index < -0.39 is 0 Å². The maximum Gasteiger partial charge on any atom is 0.0561 e. The Morgan fingerprint density at radius 3 is 2.00 bits per heavy atom. The minimum atomic E-state index is -0.315. The highest BCUT2D eigenvalue weighted by atomic mass is 15.1. The first-order valence-corrected chi connectivity index (χ1v) is 19.8. The summed E-state index contributed by atoms with van der Waals surface area (Å²) in [5, 5.41) is 2.49. The molecule has 1 aromatic heterocycles. The Labute approximate surface area is 333 Å². The van der Waals surface area contributed by atoms with Crippen LogP contribution < -0.4 is 4.90 Å². The number of hydrogen-bond acceptors (Lipinski definition) is 1. The van der Waals surface area contributed by atoms with E-state index in [1.807, 2.05) is 6.07 Å². The van der Waals surface area contributed by atoms with Gasteiger partial charge in [-0.1, -0.05) is 152 Å². The molecule has 268 valence electrons. The van der Waals surface area contributed by atoms with Crippen LogP contribution >= 0.6 is 0 Å². The molecule has 2 heteroatoms. The summed E-state index contributed by atoms with van der Waals surface area (Å²) in [5.74, 6) is 0.256. The largest absolute Gasteiger partial charge is 0.310 e. The average Bonchev–Trinajstić information content (AvgIpc) is 3.78. The molecule has 8 aromatic carbocycles. The smallest absolute Gasteiger partial charge is 0.0561 e. The zero-order chi connectivity index (χ0) is 37.8. The topological polar surface area (TPSA) is 8.17 Å². The number of aromatic nitrogens is 1. The molecule has 2 nitrogen and oxygen atoms in total. The molecule has 9 aromatic rings. The lowest BCUT2D eigenvalue weighted by molar-refractivity contribution is 0.485. The van der Waals surface area contributed by atoms with Crippen molar-refractivity contribution in [1.29, 1.82) is 0 Å². The summed E-state index contributed by atoms with van der Waals surface area (Å²) in [4.78, 5) is 2.37. The van der Waals surface area contributed by atoms with Crippen molar-refractivity contribution < 1.29 is 0 Å². The van der Waals surface area contributed by atoms with Crippen molar-refractivity contribution in [2.45, 2.75) is 11.8 Å². The first-order chi connectivity index (χ1) is 28.3. The monoisotopic (exact) mass is 726 g/mol. The van der Waals surface area contributed by atoms with Gasteiger partial charge in [0.25, 0.3) is 0 Å². The first-order valence-electron chi connectivity index (χ1n) is 19.8. The van der Waals surface area contributed by atoms with E-state index in [1.165, 1.54) is 60.8 Å². The summed E-state index contributed by atoms with van der Waals surface area (Å²) in [7, 11) is 0. The second-order valence-corrected chi connectivity index (χ2v) is 15.1. The van der Waals surface area contributed by atoms with E-state index in [1.54, 1.807) is 0 Å². The van der Waals surface area contributed by atoms with Crippen molar-refractivity contribution in [3.8, 4) is 5.69 Å². The lowest BCUT2D eigenvalue weighted by Crippen LogP contribution is -2.34. The predicted molar refractivity (Wildman–Crippen MR) is 236 cm³/mol. The molecule has 0 amide bonds. The number of rotatable bonds is 7. The lowest BCUT2D eigenvalue weighted by Gasteiger charge is -2.38. The number of para-hydroxylation sites is 3. The molecule has 0 fully saturated rings. The van der Waals surface area contributed by atoms with Crippen LogP contribution in [0, 0.1) is 18.1 Å². The Bertz CT molecular complexity index is 2920. The average molecular weight is 727 g/mol.